The predicted octanol–water partition coefficient (Wildman–Crippen LogP) is 6.23. The van der Waals surface area contributed by atoms with Crippen molar-refractivity contribution >= 4 is 20.9 Å². The maximum Gasteiger partial charge on any atom is 0.460 e. The van der Waals surface area contributed by atoms with E-state index in [1.807, 2.05) is 0 Å². The Morgan fingerprint density at radius 2 is 1.20 bits per heavy atom. The highest BCUT2D eigenvalue weighted by atomic mass is 32.2. The second-order valence-corrected chi connectivity index (χ2v) is 9.50. The summed E-state index contributed by atoms with van der Waals surface area (Å²) >= 11 is 0. The lowest BCUT2D eigenvalue weighted by molar-refractivity contribution is -0.382. The number of aromatic amines is 1. The summed E-state index contributed by atoms with van der Waals surface area (Å²) in [6.45, 7) is 0. The summed E-state index contributed by atoms with van der Waals surface area (Å²) in [5.74, 6) is -36.6. The largest absolute Gasteiger partial charge is 0.460 e. The van der Waals surface area contributed by atoms with E-state index in [-0.39, 0.29) is 21.2 Å². The van der Waals surface area contributed by atoms with Crippen LogP contribution >= 0.6 is 0 Å². The Balaban J connectivity index is 2.65. The van der Waals surface area contributed by atoms with Gasteiger partial charge in [0, 0.05) is 11.2 Å². The van der Waals surface area contributed by atoms with Crippen molar-refractivity contribution < 1.29 is 83.1 Å². The number of H-pyrrole nitrogens is 1. The predicted molar refractivity (Wildman–Crippen MR) is 98.0 cm³/mol. The molecule has 3 N–H and O–H groups in total. The minimum Gasteiger partial charge on any atom is -0.357 e. The van der Waals surface area contributed by atoms with Crippen LogP contribution in [-0.4, -0.2) is 60.9 Å². The summed E-state index contributed by atoms with van der Waals surface area (Å²) in [5.41, 5.74) is -1.72. The zero-order chi connectivity index (χ0) is 31.5. The molecule has 0 amide bonds. The number of fused-ring (bicyclic) bond motifs is 1. The van der Waals surface area contributed by atoms with Gasteiger partial charge in [-0.15, -0.1) is 4.83 Å². The van der Waals surface area contributed by atoms with Gasteiger partial charge in [-0.1, -0.05) is 18.2 Å². The van der Waals surface area contributed by atoms with Crippen molar-refractivity contribution in [1.29, 1.82) is 0 Å². The molecule has 2 rings (SSSR count). The molecule has 0 saturated heterocycles. The maximum atomic E-state index is 14.7. The van der Waals surface area contributed by atoms with Gasteiger partial charge in [-0.05, 0) is 17.5 Å². The zero-order valence-electron chi connectivity index (χ0n) is 18.2. The van der Waals surface area contributed by atoms with Crippen LogP contribution in [0, 0.1) is 0 Å². The number of para-hydroxylation sites is 1. The number of hydrogen-bond acceptors (Lipinski definition) is 3. The van der Waals surface area contributed by atoms with Crippen molar-refractivity contribution in [2.24, 2.45) is 0 Å². The highest BCUT2D eigenvalue weighted by Gasteiger charge is 2.85. The molecule has 40 heavy (non-hydrogen) atoms. The van der Waals surface area contributed by atoms with Gasteiger partial charge in [-0.2, -0.15) is 65.9 Å². The van der Waals surface area contributed by atoms with Crippen LogP contribution in [-0.2, 0) is 10.0 Å². The minimum absolute atomic E-state index is 0.243. The molecule has 0 spiro atoms. The molecule has 2 aromatic rings. The first-order valence-corrected chi connectivity index (χ1v) is 11.1. The van der Waals surface area contributed by atoms with E-state index in [9.17, 15) is 83.1 Å². The first-order chi connectivity index (χ1) is 17.6. The van der Waals surface area contributed by atoms with E-state index in [4.69, 9.17) is 0 Å². The average Bonchev–Trinajstić information content (AvgIpc) is 3.21. The first kappa shape index (κ1) is 33.6. The summed E-state index contributed by atoms with van der Waals surface area (Å²) in [4.78, 5) is 1.51. The van der Waals surface area contributed by atoms with Crippen LogP contribution in [0.15, 0.2) is 30.3 Å². The van der Waals surface area contributed by atoms with Crippen LogP contribution in [0.25, 0.3) is 10.9 Å². The van der Waals surface area contributed by atoms with Crippen LogP contribution in [0.4, 0.5) is 74.6 Å². The molecule has 0 radical (unpaired) electrons. The third-order valence-electron chi connectivity index (χ3n) is 5.13. The van der Waals surface area contributed by atoms with Gasteiger partial charge < -0.3 is 4.98 Å². The molecule has 0 fully saturated rings. The highest BCUT2D eigenvalue weighted by molar-refractivity contribution is 7.90. The Hall–Kier alpha value is -2.56. The fraction of sp³-hybridized carbons (Fsp3) is 0.529. The fourth-order valence-electron chi connectivity index (χ4n) is 2.89. The van der Waals surface area contributed by atoms with Crippen molar-refractivity contribution in [3.8, 4) is 0 Å². The van der Waals surface area contributed by atoms with E-state index < -0.39 is 69.2 Å². The summed E-state index contributed by atoms with van der Waals surface area (Å²) in [6.07, 6.45) is -13.1. The lowest BCUT2D eigenvalue weighted by atomic mass is 9.96. The van der Waals surface area contributed by atoms with Crippen molar-refractivity contribution in [2.45, 2.75) is 53.5 Å². The van der Waals surface area contributed by atoms with Gasteiger partial charge in [-0.25, -0.2) is 22.6 Å². The summed E-state index contributed by atoms with van der Waals surface area (Å²) < 4.78 is 250. The lowest BCUT2D eigenvalue weighted by Crippen LogP contribution is -2.67. The van der Waals surface area contributed by atoms with Gasteiger partial charge >= 0.3 is 47.5 Å². The molecule has 1 heterocycles. The van der Waals surface area contributed by atoms with Crippen molar-refractivity contribution in [3.05, 3.63) is 36.0 Å². The van der Waals surface area contributed by atoms with Gasteiger partial charge in [-0.3, -0.25) is 0 Å². The Labute approximate surface area is 209 Å². The van der Waals surface area contributed by atoms with Gasteiger partial charge in [0.15, 0.2) is 0 Å². The first-order valence-electron chi connectivity index (χ1n) is 9.57. The molecule has 0 aliphatic heterocycles. The Kier molecular flexibility index (Phi) is 8.22. The van der Waals surface area contributed by atoms with E-state index in [1.165, 1.54) is 0 Å². The number of halogens is 17. The molecule has 5 nitrogen and oxygen atoms in total. The standard InChI is InChI=1S/C17H10F17N3O2S/c18-10(19)12(22,23)13(24,25)11(20,21)9(8-5-6-3-1-2-4-7(6)35-8)36-37-40(38,39)17(33,34)15(28,29)14(26,27)16(30,31)32/h1-5,9-10,35-37H. The van der Waals surface area contributed by atoms with E-state index in [1.54, 1.807) is 4.98 Å². The SMILES string of the molecule is O=S(=O)(NNC(c1cc2ccccc2[nH]1)C(F)(F)C(F)(F)C(F)(F)C(F)F)C(F)(F)C(F)(F)C(F)(F)C(F)(F)F. The molecular weight excluding hydrogens is 633 g/mol. The van der Waals surface area contributed by atoms with Gasteiger partial charge in [0.25, 0.3) is 10.0 Å². The Bertz CT molecular complexity index is 1290. The second-order valence-electron chi connectivity index (χ2n) is 7.78. The molecule has 1 unspecified atom stereocenters. The monoisotopic (exact) mass is 643 g/mol. The van der Waals surface area contributed by atoms with Gasteiger partial charge in [0.2, 0.25) is 0 Å². The zero-order valence-corrected chi connectivity index (χ0v) is 19.0. The molecule has 0 aliphatic rings. The number of aromatic nitrogens is 1. The number of nitrogens with one attached hydrogen (secondary N) is 3. The van der Waals surface area contributed by atoms with Crippen LogP contribution in [0.5, 0.6) is 0 Å². The minimum atomic E-state index is -7.91. The van der Waals surface area contributed by atoms with Crippen molar-refractivity contribution in [3.63, 3.8) is 0 Å². The average molecular weight is 643 g/mol. The van der Waals surface area contributed by atoms with E-state index >= 15 is 0 Å². The summed E-state index contributed by atoms with van der Waals surface area (Å²) in [7, 11) is -7.80. The van der Waals surface area contributed by atoms with Crippen LogP contribution in [0.3, 0.4) is 0 Å². The van der Waals surface area contributed by atoms with Crippen molar-refractivity contribution in [1.82, 2.24) is 15.2 Å². The Morgan fingerprint density at radius 3 is 1.65 bits per heavy atom. The maximum absolute atomic E-state index is 14.7. The molecule has 0 aliphatic carbocycles. The number of hydrogen-bond donors (Lipinski definition) is 3. The molecule has 1 atom stereocenters. The number of benzene rings is 1. The molecular formula is C17H10F17N3O2S. The molecule has 0 bridgehead atoms. The van der Waals surface area contributed by atoms with Gasteiger partial charge in [0.1, 0.15) is 6.04 Å². The number of hydrazine groups is 1. The third kappa shape index (κ3) is 4.92. The second kappa shape index (κ2) is 9.77. The van der Waals surface area contributed by atoms with Crippen molar-refractivity contribution in [2.75, 3.05) is 0 Å². The highest BCUT2D eigenvalue weighted by Crippen LogP contribution is 2.55. The number of rotatable bonds is 11. The number of sulfonamides is 1. The fourth-order valence-corrected chi connectivity index (χ4v) is 3.75. The molecule has 23 heteroatoms. The van der Waals surface area contributed by atoms with E-state index in [0.717, 1.165) is 24.3 Å². The smallest absolute Gasteiger partial charge is 0.357 e. The Morgan fingerprint density at radius 1 is 0.700 bits per heavy atom. The molecule has 1 aromatic carbocycles. The topological polar surface area (TPSA) is 74.0 Å². The molecule has 1 aromatic heterocycles. The summed E-state index contributed by atoms with van der Waals surface area (Å²) in [6, 6.07) is 0.284. The van der Waals surface area contributed by atoms with Gasteiger partial charge in [0.05, 0.1) is 0 Å². The van der Waals surface area contributed by atoms with E-state index in [2.05, 4.69) is 0 Å². The van der Waals surface area contributed by atoms with E-state index in [0.29, 0.717) is 6.07 Å². The third-order valence-corrected chi connectivity index (χ3v) is 6.44. The normalized spacial score (nSPS) is 16.1. The number of alkyl halides is 17. The lowest BCUT2D eigenvalue weighted by Gasteiger charge is -2.37. The molecule has 230 valence electrons. The van der Waals surface area contributed by atoms with Crippen LogP contribution in [0.1, 0.15) is 11.7 Å². The quantitative estimate of drug-likeness (QED) is 0.201. The van der Waals surface area contributed by atoms with Crippen LogP contribution < -0.4 is 10.3 Å². The van der Waals surface area contributed by atoms with Crippen LogP contribution in [0.2, 0.25) is 0 Å². The molecule has 0 saturated carbocycles. The summed E-state index contributed by atoms with van der Waals surface area (Å²) in [5, 5.41) is -7.88.